The van der Waals surface area contributed by atoms with Crippen LogP contribution in [0, 0.1) is 5.82 Å². The van der Waals surface area contributed by atoms with Gasteiger partial charge in [-0.1, -0.05) is 25.1 Å². The summed E-state index contributed by atoms with van der Waals surface area (Å²) >= 11 is 0. The van der Waals surface area contributed by atoms with Crippen molar-refractivity contribution < 1.29 is 17.6 Å². The van der Waals surface area contributed by atoms with Crippen LogP contribution in [0.25, 0.3) is 0 Å². The molecule has 1 heterocycles. The molecule has 0 saturated heterocycles. The second-order valence-electron chi connectivity index (χ2n) is 5.94. The average Bonchev–Trinajstić information content (AvgIpc) is 2.60. The first-order chi connectivity index (χ1) is 11.9. The summed E-state index contributed by atoms with van der Waals surface area (Å²) in [5.74, 6) is -0.726. The summed E-state index contributed by atoms with van der Waals surface area (Å²) in [4.78, 5) is 13.3. The van der Waals surface area contributed by atoms with Gasteiger partial charge in [0.1, 0.15) is 10.7 Å². The van der Waals surface area contributed by atoms with E-state index in [1.165, 1.54) is 18.2 Å². The first-order valence-corrected chi connectivity index (χ1v) is 9.56. The highest BCUT2D eigenvalue weighted by atomic mass is 32.2. The summed E-state index contributed by atoms with van der Waals surface area (Å²) < 4.78 is 41.0. The number of sulfonamides is 1. The molecule has 0 saturated carbocycles. The SMILES string of the molecule is CCC(=O)N1CCc2ccc(NS(=O)(=O)c3ccccc3F)cc2C1. The van der Waals surface area contributed by atoms with Gasteiger partial charge in [0.15, 0.2) is 0 Å². The molecule has 2 aromatic rings. The van der Waals surface area contributed by atoms with E-state index in [1.54, 1.807) is 17.0 Å². The lowest BCUT2D eigenvalue weighted by molar-refractivity contribution is -0.131. The normalized spacial score (nSPS) is 14.1. The summed E-state index contributed by atoms with van der Waals surface area (Å²) in [7, 11) is -4.01. The fraction of sp³-hybridized carbons (Fsp3) is 0.278. The van der Waals surface area contributed by atoms with E-state index in [4.69, 9.17) is 0 Å². The van der Waals surface area contributed by atoms with Crippen LogP contribution in [0.3, 0.4) is 0 Å². The first-order valence-electron chi connectivity index (χ1n) is 8.07. The molecule has 0 atom stereocenters. The number of nitrogens with zero attached hydrogens (tertiary/aromatic N) is 1. The van der Waals surface area contributed by atoms with Gasteiger partial charge < -0.3 is 4.90 Å². The van der Waals surface area contributed by atoms with Crippen molar-refractivity contribution in [3.8, 4) is 0 Å². The van der Waals surface area contributed by atoms with Gasteiger partial charge in [-0.2, -0.15) is 0 Å². The van der Waals surface area contributed by atoms with E-state index in [-0.39, 0.29) is 5.91 Å². The van der Waals surface area contributed by atoms with Crippen LogP contribution in [0.15, 0.2) is 47.4 Å². The van der Waals surface area contributed by atoms with E-state index in [9.17, 15) is 17.6 Å². The summed E-state index contributed by atoms with van der Waals surface area (Å²) in [5, 5.41) is 0. The number of hydrogen-bond acceptors (Lipinski definition) is 3. The van der Waals surface area contributed by atoms with Gasteiger partial charge in [0.2, 0.25) is 5.91 Å². The standard InChI is InChI=1S/C18H19FN2O3S/c1-2-18(22)21-10-9-13-7-8-15(11-14(13)12-21)20-25(23,24)17-6-4-3-5-16(17)19/h3-8,11,20H,2,9-10,12H2,1H3. The van der Waals surface area contributed by atoms with Crippen LogP contribution in [0.2, 0.25) is 0 Å². The highest BCUT2D eigenvalue weighted by molar-refractivity contribution is 7.92. The van der Waals surface area contributed by atoms with Gasteiger partial charge in [-0.05, 0) is 41.8 Å². The van der Waals surface area contributed by atoms with E-state index in [0.29, 0.717) is 25.2 Å². The van der Waals surface area contributed by atoms with Gasteiger partial charge in [-0.25, -0.2) is 12.8 Å². The van der Waals surface area contributed by atoms with E-state index in [1.807, 2.05) is 13.0 Å². The Bertz CT molecular complexity index is 912. The Morgan fingerprint density at radius 3 is 2.68 bits per heavy atom. The summed E-state index contributed by atoms with van der Waals surface area (Å²) in [6.07, 6.45) is 1.18. The van der Waals surface area contributed by atoms with E-state index in [2.05, 4.69) is 4.72 Å². The molecule has 7 heteroatoms. The van der Waals surface area contributed by atoms with Crippen molar-refractivity contribution in [2.45, 2.75) is 31.2 Å². The maximum atomic E-state index is 13.8. The molecule has 25 heavy (non-hydrogen) atoms. The van der Waals surface area contributed by atoms with Crippen molar-refractivity contribution in [2.75, 3.05) is 11.3 Å². The predicted octanol–water partition coefficient (Wildman–Crippen LogP) is 2.92. The van der Waals surface area contributed by atoms with Crippen molar-refractivity contribution >= 4 is 21.6 Å². The fourth-order valence-corrected chi connectivity index (χ4v) is 4.06. The zero-order valence-electron chi connectivity index (χ0n) is 13.8. The molecule has 1 N–H and O–H groups in total. The van der Waals surface area contributed by atoms with Crippen LogP contribution in [0.4, 0.5) is 10.1 Å². The molecule has 0 bridgehead atoms. The highest BCUT2D eigenvalue weighted by Gasteiger charge is 2.22. The molecule has 3 rings (SSSR count). The number of benzene rings is 2. The minimum Gasteiger partial charge on any atom is -0.338 e. The van der Waals surface area contributed by atoms with Crippen LogP contribution < -0.4 is 4.72 Å². The smallest absolute Gasteiger partial charge is 0.264 e. The van der Waals surface area contributed by atoms with Gasteiger partial charge in [0.05, 0.1) is 0 Å². The monoisotopic (exact) mass is 362 g/mol. The Hall–Kier alpha value is -2.41. The molecule has 0 fully saturated rings. The molecule has 1 aliphatic rings. The molecule has 5 nitrogen and oxygen atoms in total. The molecular formula is C18H19FN2O3S. The predicted molar refractivity (Wildman–Crippen MR) is 93.1 cm³/mol. The number of carbonyl (C=O) groups excluding carboxylic acids is 1. The van der Waals surface area contributed by atoms with Crippen molar-refractivity contribution in [3.05, 3.63) is 59.4 Å². The topological polar surface area (TPSA) is 66.5 Å². The zero-order chi connectivity index (χ0) is 18.0. The number of nitrogens with one attached hydrogen (secondary N) is 1. The Labute approximate surface area is 146 Å². The summed E-state index contributed by atoms with van der Waals surface area (Å²) in [6, 6.07) is 10.5. The van der Waals surface area contributed by atoms with Crippen LogP contribution in [0.5, 0.6) is 0 Å². The zero-order valence-corrected chi connectivity index (χ0v) is 14.6. The average molecular weight is 362 g/mol. The molecule has 1 aliphatic heterocycles. The minimum absolute atomic E-state index is 0.0722. The lowest BCUT2D eigenvalue weighted by Gasteiger charge is -2.29. The number of carbonyl (C=O) groups is 1. The molecule has 1 amide bonds. The maximum Gasteiger partial charge on any atom is 0.264 e. The van der Waals surface area contributed by atoms with E-state index in [0.717, 1.165) is 23.6 Å². The number of hydrogen-bond donors (Lipinski definition) is 1. The lowest BCUT2D eigenvalue weighted by atomic mass is 9.99. The third-order valence-corrected chi connectivity index (χ3v) is 5.67. The van der Waals surface area contributed by atoms with Crippen molar-refractivity contribution in [3.63, 3.8) is 0 Å². The van der Waals surface area contributed by atoms with Crippen molar-refractivity contribution in [1.29, 1.82) is 0 Å². The van der Waals surface area contributed by atoms with Gasteiger partial charge in [-0.3, -0.25) is 9.52 Å². The Morgan fingerprint density at radius 2 is 1.96 bits per heavy atom. The highest BCUT2D eigenvalue weighted by Crippen LogP contribution is 2.25. The second-order valence-corrected chi connectivity index (χ2v) is 7.59. The fourth-order valence-electron chi connectivity index (χ4n) is 2.93. The number of halogens is 1. The molecule has 2 aromatic carbocycles. The quantitative estimate of drug-likeness (QED) is 0.909. The van der Waals surface area contributed by atoms with Crippen LogP contribution >= 0.6 is 0 Å². The third-order valence-electron chi connectivity index (χ3n) is 4.25. The second kappa shape index (κ2) is 6.84. The molecular weight excluding hydrogens is 343 g/mol. The van der Waals surface area contributed by atoms with Crippen molar-refractivity contribution in [1.82, 2.24) is 4.90 Å². The van der Waals surface area contributed by atoms with Gasteiger partial charge in [-0.15, -0.1) is 0 Å². The van der Waals surface area contributed by atoms with Crippen LogP contribution in [-0.2, 0) is 27.8 Å². The molecule has 0 aliphatic carbocycles. The first kappa shape index (κ1) is 17.4. The van der Waals surface area contributed by atoms with E-state index < -0.39 is 20.7 Å². The van der Waals surface area contributed by atoms with E-state index >= 15 is 0 Å². The van der Waals surface area contributed by atoms with Crippen LogP contribution in [0.1, 0.15) is 24.5 Å². The molecule has 0 aromatic heterocycles. The minimum atomic E-state index is -4.01. The lowest BCUT2D eigenvalue weighted by Crippen LogP contribution is -2.35. The molecule has 0 radical (unpaired) electrons. The number of amides is 1. The molecule has 0 unspecified atom stereocenters. The number of fused-ring (bicyclic) bond motifs is 1. The largest absolute Gasteiger partial charge is 0.338 e. The van der Waals surface area contributed by atoms with Gasteiger partial charge in [0.25, 0.3) is 10.0 Å². The maximum absolute atomic E-state index is 13.8. The molecule has 0 spiro atoms. The third kappa shape index (κ3) is 3.66. The molecule has 132 valence electrons. The van der Waals surface area contributed by atoms with Crippen LogP contribution in [-0.4, -0.2) is 25.8 Å². The Balaban J connectivity index is 1.86. The number of anilines is 1. The summed E-state index contributed by atoms with van der Waals surface area (Å²) in [6.45, 7) is 2.94. The van der Waals surface area contributed by atoms with Crippen molar-refractivity contribution in [2.24, 2.45) is 0 Å². The Morgan fingerprint density at radius 1 is 1.20 bits per heavy atom. The Kier molecular flexibility index (Phi) is 4.76. The number of rotatable bonds is 4. The van der Waals surface area contributed by atoms with Gasteiger partial charge >= 0.3 is 0 Å². The van der Waals surface area contributed by atoms with Gasteiger partial charge in [0, 0.05) is 25.2 Å². The summed E-state index contributed by atoms with van der Waals surface area (Å²) in [5.41, 5.74) is 2.35.